The molecule has 0 aromatic carbocycles. The summed E-state index contributed by atoms with van der Waals surface area (Å²) >= 11 is 2.61. The minimum atomic E-state index is -3.03. The first-order valence-corrected chi connectivity index (χ1v) is 38.6. The number of hydrogen-bond donors (Lipinski definition) is 0. The van der Waals surface area contributed by atoms with Crippen LogP contribution in [0.2, 0.25) is 0 Å². The molecule has 0 aliphatic carbocycles. The first-order valence-electron chi connectivity index (χ1n) is 36.9. The molecule has 0 amide bonds. The second-order valence-corrected chi connectivity index (χ2v) is 29.2. The van der Waals surface area contributed by atoms with Crippen molar-refractivity contribution in [1.82, 2.24) is 89.7 Å². The molecule has 15 aromatic rings. The van der Waals surface area contributed by atoms with Gasteiger partial charge in [0.2, 0.25) is 0 Å². The number of hydrogen-bond acceptors (Lipinski definition) is 30. The highest BCUT2D eigenvalue weighted by Crippen LogP contribution is 2.34. The van der Waals surface area contributed by atoms with Gasteiger partial charge in [-0.2, -0.15) is 8.78 Å². The highest BCUT2D eigenvalue weighted by atomic mass is 32.1. The molecular formula is C88H77F2N19O9S2. The van der Waals surface area contributed by atoms with Gasteiger partial charge >= 0.3 is 0 Å². The molecule has 15 aromatic heterocycles. The fourth-order valence-electron chi connectivity index (χ4n) is 10.9. The SMILES string of the molecule is CC(F)(F)c1csc(CC(=O)c2cc(Oc3cncnc3)ccn2)n1.Cc1cc(CC(=O)c2cc(Oc3cccnc3)ccn2)ccn1.Cc1cccc(CC(=O)c2cc(N(C)c3cncnc3)ccn2)n1.Cc1nc(CC(=O)c2cc(Oc3cncnc3)ccn2)sc1C(C)(C)C.O=C(Cc1ccccn1)c1cc(Oc2cccnc2)ccn1. The number of nitrogens with zero attached hydrogens (tertiary/aromatic N) is 19. The predicted octanol–water partition coefficient (Wildman–Crippen LogP) is 17.1. The van der Waals surface area contributed by atoms with Gasteiger partial charge in [-0.15, -0.1) is 22.7 Å². The van der Waals surface area contributed by atoms with E-state index in [4.69, 9.17) is 18.9 Å². The maximum absolute atomic E-state index is 13.2. The first-order chi connectivity index (χ1) is 57.9. The van der Waals surface area contributed by atoms with Gasteiger partial charge in [-0.05, 0) is 129 Å². The Morgan fingerprint density at radius 1 is 0.375 bits per heavy atom. The van der Waals surface area contributed by atoms with Crippen molar-refractivity contribution < 1.29 is 51.7 Å². The second-order valence-electron chi connectivity index (χ2n) is 27.2. The maximum Gasteiger partial charge on any atom is 0.287 e. The molecule has 0 atom stereocenters. The lowest BCUT2D eigenvalue weighted by Gasteiger charge is -2.18. The summed E-state index contributed by atoms with van der Waals surface area (Å²) in [6.45, 7) is 13.0. The molecule has 15 rings (SSSR count). The monoisotopic (exact) mass is 1650 g/mol. The molecule has 0 aliphatic rings. The molecule has 0 saturated heterocycles. The van der Waals surface area contributed by atoms with Crippen molar-refractivity contribution in [3.63, 3.8) is 0 Å². The Morgan fingerprint density at radius 3 is 1.28 bits per heavy atom. The number of ketones is 5. The van der Waals surface area contributed by atoms with E-state index in [1.165, 1.54) is 53.9 Å². The molecule has 0 fully saturated rings. The van der Waals surface area contributed by atoms with E-state index in [0.29, 0.717) is 79.5 Å². The lowest BCUT2D eigenvalue weighted by Crippen LogP contribution is -2.13. The molecule has 0 spiro atoms. The number of carbonyl (C=O) groups is 5. The van der Waals surface area contributed by atoms with Gasteiger partial charge in [0.15, 0.2) is 40.4 Å². The third kappa shape index (κ3) is 26.9. The minimum Gasteiger partial charge on any atom is -0.456 e. The number of pyridine rings is 10. The molecule has 0 bridgehead atoms. The van der Waals surface area contributed by atoms with Crippen molar-refractivity contribution in [2.45, 2.75) is 91.9 Å². The zero-order valence-corrected chi connectivity index (χ0v) is 67.7. The number of thiazole rings is 2. The smallest absolute Gasteiger partial charge is 0.287 e. The molecule has 0 radical (unpaired) electrons. The van der Waals surface area contributed by atoms with Crippen molar-refractivity contribution >= 4 is 63.0 Å². The van der Waals surface area contributed by atoms with Gasteiger partial charge in [0, 0.05) is 139 Å². The van der Waals surface area contributed by atoms with Crippen LogP contribution in [-0.2, 0) is 43.4 Å². The molecule has 120 heavy (non-hydrogen) atoms. The van der Waals surface area contributed by atoms with E-state index in [1.807, 2.05) is 87.3 Å². The molecule has 32 heteroatoms. The van der Waals surface area contributed by atoms with Crippen molar-refractivity contribution in [2.75, 3.05) is 11.9 Å². The van der Waals surface area contributed by atoms with Crippen LogP contribution >= 0.6 is 22.7 Å². The second kappa shape index (κ2) is 42.2. The number of carbonyl (C=O) groups excluding carboxylic acids is 5. The van der Waals surface area contributed by atoms with E-state index >= 15 is 0 Å². The fraction of sp³-hybridized carbons (Fsp3) is 0.170. The lowest BCUT2D eigenvalue weighted by molar-refractivity contribution is 0.0132. The minimum absolute atomic E-state index is 0.0206. The molecule has 0 aliphatic heterocycles. The van der Waals surface area contributed by atoms with E-state index in [0.717, 1.165) is 63.0 Å². The van der Waals surface area contributed by atoms with Gasteiger partial charge in [0.1, 0.15) is 97.7 Å². The first kappa shape index (κ1) is 86.1. The average Bonchev–Trinajstić information content (AvgIpc) is 1.55. The maximum atomic E-state index is 13.2. The van der Waals surface area contributed by atoms with Crippen LogP contribution in [0.15, 0.2) is 263 Å². The van der Waals surface area contributed by atoms with Gasteiger partial charge in [-0.3, -0.25) is 73.8 Å². The lowest BCUT2D eigenvalue weighted by atomic mass is 9.93. The van der Waals surface area contributed by atoms with Crippen molar-refractivity contribution in [1.29, 1.82) is 0 Å². The van der Waals surface area contributed by atoms with Gasteiger partial charge in [-0.1, -0.05) is 32.9 Å². The summed E-state index contributed by atoms with van der Waals surface area (Å²) in [6, 6.07) is 38.7. The van der Waals surface area contributed by atoms with E-state index < -0.39 is 5.92 Å². The van der Waals surface area contributed by atoms with E-state index in [-0.39, 0.29) is 77.8 Å². The summed E-state index contributed by atoms with van der Waals surface area (Å²) in [5.41, 5.74) is 8.17. The number of rotatable bonds is 26. The van der Waals surface area contributed by atoms with Crippen LogP contribution in [0.1, 0.15) is 135 Å². The number of halogens is 2. The van der Waals surface area contributed by atoms with Crippen LogP contribution in [0.5, 0.6) is 46.0 Å². The molecule has 0 unspecified atom stereocenters. The normalized spacial score (nSPS) is 10.8. The number of aryl methyl sites for hydroxylation is 3. The van der Waals surface area contributed by atoms with Gasteiger partial charge < -0.3 is 23.8 Å². The van der Waals surface area contributed by atoms with E-state index in [1.54, 1.807) is 171 Å². The van der Waals surface area contributed by atoms with Gasteiger partial charge in [0.25, 0.3) is 5.92 Å². The standard InChI is InChI=1S/C19H20N4O2S.C18H17N5O.C18H15N3O2.C17H13N3O2.C16H12F2N4O2S/c1-12-18(19(2,3)4)26-17(23-12)8-16(24)15-7-13(5-6-22-15)25-14-9-20-11-21-10-14;1-13-4-3-5-14(22-13)8-18(24)17-9-15(6-7-21-17)23(2)16-10-19-12-20-11-16;1-13-9-14(4-7-20-13)10-18(22)17-11-15(5-8-21-17)23-16-3-2-6-19-12-16;21-17(10-13-4-1-2-8-19-13)16-11-14(6-9-20-16)22-15-5-3-7-18-12-15;1-16(17,18)14-8-25-15(22-14)5-13(23)12-4-10(2-3-21-12)24-11-6-19-9-20-7-11/h5-7,9-11H,8H2,1-4H3;3-7,9-12H,8H2,1-2H3;2-9,11-12H,10H2,1H3;1-9,11-12H,10H2;2-4,6-9H,5H2,1H3. The number of alkyl halides is 2. The van der Waals surface area contributed by atoms with Crippen molar-refractivity contribution in [2.24, 2.45) is 0 Å². The average molecular weight is 1650 g/mol. The summed E-state index contributed by atoms with van der Waals surface area (Å²) in [6.07, 6.45) is 32.3. The Labute approximate surface area is 696 Å². The summed E-state index contributed by atoms with van der Waals surface area (Å²) in [7, 11) is 1.89. The van der Waals surface area contributed by atoms with Crippen LogP contribution in [0.25, 0.3) is 0 Å². The summed E-state index contributed by atoms with van der Waals surface area (Å²) in [5, 5.41) is 2.37. The Kier molecular flexibility index (Phi) is 30.3. The predicted molar refractivity (Wildman–Crippen MR) is 444 cm³/mol. The molecule has 0 saturated carbocycles. The summed E-state index contributed by atoms with van der Waals surface area (Å²) in [4.78, 5) is 138. The molecule has 0 N–H and O–H groups in total. The van der Waals surface area contributed by atoms with Crippen molar-refractivity contribution in [3.8, 4) is 46.0 Å². The summed E-state index contributed by atoms with van der Waals surface area (Å²) < 4.78 is 48.9. The zero-order chi connectivity index (χ0) is 84.8. The Bertz CT molecular complexity index is 5910. The molecule has 15 heterocycles. The number of ether oxygens (including phenoxy) is 4. The highest BCUT2D eigenvalue weighted by molar-refractivity contribution is 7.12. The van der Waals surface area contributed by atoms with Crippen molar-refractivity contribution in [3.05, 3.63) is 346 Å². The number of anilines is 2. The van der Waals surface area contributed by atoms with Crippen LogP contribution in [0, 0.1) is 20.8 Å². The third-order valence-corrected chi connectivity index (χ3v) is 19.0. The van der Waals surface area contributed by atoms with Crippen LogP contribution in [-0.4, -0.2) is 126 Å². The Morgan fingerprint density at radius 2 is 0.825 bits per heavy atom. The fourth-order valence-corrected chi connectivity index (χ4v) is 12.9. The molecular weight excluding hydrogens is 1570 g/mol. The summed E-state index contributed by atoms with van der Waals surface area (Å²) in [5.74, 6) is 0.482. The van der Waals surface area contributed by atoms with Crippen LogP contribution < -0.4 is 23.8 Å². The van der Waals surface area contributed by atoms with Crippen LogP contribution in [0.3, 0.4) is 0 Å². The van der Waals surface area contributed by atoms with E-state index in [9.17, 15) is 32.8 Å². The number of Topliss-reactive ketones (excluding diaryl/α,β-unsaturated/α-hetero) is 5. The Balaban J connectivity index is 0.000000147. The zero-order valence-electron chi connectivity index (χ0n) is 66.1. The largest absolute Gasteiger partial charge is 0.456 e. The van der Waals surface area contributed by atoms with Crippen LogP contribution in [0.4, 0.5) is 20.2 Å². The van der Waals surface area contributed by atoms with Gasteiger partial charge in [-0.25, -0.2) is 39.9 Å². The molecule has 28 nitrogen and oxygen atoms in total. The molecule has 604 valence electrons. The highest BCUT2D eigenvalue weighted by Gasteiger charge is 2.29. The Hall–Kier alpha value is -14.8. The quantitative estimate of drug-likeness (QED) is 0.0454. The van der Waals surface area contributed by atoms with E-state index in [2.05, 4.69) is 110 Å². The van der Waals surface area contributed by atoms with Gasteiger partial charge in [0.05, 0.1) is 86.6 Å². The topological polar surface area (TPSA) is 358 Å². The third-order valence-electron chi connectivity index (χ3n) is 16.5. The number of aromatic nitrogens is 18.